The second-order valence-electron chi connectivity index (χ2n) is 7.07. The molecule has 0 atom stereocenters. The van der Waals surface area contributed by atoms with Gasteiger partial charge in [0.1, 0.15) is 0 Å². The first-order valence-corrected chi connectivity index (χ1v) is 11.2. The topological polar surface area (TPSA) is 20.2 Å². The Morgan fingerprint density at radius 2 is 0.800 bits per heavy atom. The molecule has 0 aromatic heterocycles. The second-order valence-corrected chi connectivity index (χ2v) is 11.8. The molecule has 130 valence electrons. The van der Waals surface area contributed by atoms with E-state index in [1.807, 2.05) is 0 Å². The molecule has 0 spiro atoms. The molecule has 2 heteroatoms. The number of hydrogen-bond donors (Lipinski definition) is 1. The van der Waals surface area contributed by atoms with E-state index in [4.69, 9.17) is 0 Å². The monoisotopic (exact) mass is 350 g/mol. The maximum atomic E-state index is 12.6. The molecule has 0 saturated heterocycles. The molecule has 3 rings (SSSR count). The molecular formula is C23H27OP. The van der Waals surface area contributed by atoms with E-state index in [0.29, 0.717) is 6.16 Å². The third kappa shape index (κ3) is 2.82. The van der Waals surface area contributed by atoms with Crippen molar-refractivity contribution in [1.29, 1.82) is 0 Å². The van der Waals surface area contributed by atoms with Crippen LogP contribution in [0.2, 0.25) is 0 Å². The van der Waals surface area contributed by atoms with Crippen LogP contribution >= 0.6 is 6.83 Å². The Labute approximate surface area is 151 Å². The van der Waals surface area contributed by atoms with Gasteiger partial charge in [0.2, 0.25) is 0 Å². The zero-order chi connectivity index (χ0) is 18.1. The van der Waals surface area contributed by atoms with Crippen LogP contribution in [0.5, 0.6) is 0 Å². The first-order valence-electron chi connectivity index (χ1n) is 8.86. The van der Waals surface area contributed by atoms with Crippen LogP contribution in [-0.4, -0.2) is 11.1 Å². The summed E-state index contributed by atoms with van der Waals surface area (Å²) in [4.78, 5) is 12.6. The van der Waals surface area contributed by atoms with E-state index in [9.17, 15) is 4.89 Å². The molecule has 25 heavy (non-hydrogen) atoms. The minimum atomic E-state index is -3.47. The molecule has 0 aliphatic rings. The van der Waals surface area contributed by atoms with Gasteiger partial charge in [-0.05, 0) is 0 Å². The molecule has 0 saturated carbocycles. The summed E-state index contributed by atoms with van der Waals surface area (Å²) in [6.45, 7) is 4.88. The van der Waals surface area contributed by atoms with Gasteiger partial charge >= 0.3 is 151 Å². The van der Waals surface area contributed by atoms with Crippen molar-refractivity contribution < 1.29 is 4.89 Å². The van der Waals surface area contributed by atoms with Crippen molar-refractivity contribution in [3.63, 3.8) is 0 Å². The van der Waals surface area contributed by atoms with E-state index < -0.39 is 6.83 Å². The van der Waals surface area contributed by atoms with Gasteiger partial charge in [0.15, 0.2) is 0 Å². The van der Waals surface area contributed by atoms with Crippen molar-refractivity contribution in [3.8, 4) is 0 Å². The van der Waals surface area contributed by atoms with Crippen molar-refractivity contribution in [3.05, 3.63) is 89.5 Å². The summed E-state index contributed by atoms with van der Waals surface area (Å²) in [6.07, 6.45) is 0.681. The zero-order valence-corrected chi connectivity index (χ0v) is 16.4. The average molecular weight is 350 g/mol. The molecule has 1 N–H and O–H groups in total. The van der Waals surface area contributed by atoms with Crippen LogP contribution in [-0.2, 0) is 0 Å². The molecular weight excluding hydrogens is 323 g/mol. The Kier molecular flexibility index (Phi) is 4.58. The van der Waals surface area contributed by atoms with Crippen LogP contribution in [0, 0.1) is 20.8 Å². The molecule has 0 aliphatic carbocycles. The Balaban J connectivity index is 2.38. The van der Waals surface area contributed by atoms with E-state index in [1.165, 1.54) is 16.7 Å². The van der Waals surface area contributed by atoms with Crippen LogP contribution in [0.3, 0.4) is 0 Å². The molecule has 1 nitrogen and oxygen atoms in total. The third-order valence-corrected chi connectivity index (χ3v) is 10.8. The summed E-state index contributed by atoms with van der Waals surface area (Å²) in [6, 6.07) is 25.3. The van der Waals surface area contributed by atoms with E-state index >= 15 is 0 Å². The van der Waals surface area contributed by atoms with Gasteiger partial charge in [-0.1, -0.05) is 0 Å². The summed E-state index contributed by atoms with van der Waals surface area (Å²) in [5.74, 6) is 0. The predicted octanol–water partition coefficient (Wildman–Crippen LogP) is 4.37. The van der Waals surface area contributed by atoms with E-state index in [2.05, 4.69) is 100 Å². The van der Waals surface area contributed by atoms with Crippen LogP contribution < -0.4 is 15.9 Å². The number of benzene rings is 3. The maximum absolute atomic E-state index is 12.6. The zero-order valence-electron chi connectivity index (χ0n) is 15.5. The van der Waals surface area contributed by atoms with Crippen molar-refractivity contribution >= 4 is 22.7 Å². The third-order valence-electron chi connectivity index (χ3n) is 5.39. The second kappa shape index (κ2) is 6.41. The van der Waals surface area contributed by atoms with E-state index in [0.717, 1.165) is 15.9 Å². The van der Waals surface area contributed by atoms with Gasteiger partial charge in [-0.25, -0.2) is 0 Å². The molecule has 0 unspecified atom stereocenters. The summed E-state index contributed by atoms with van der Waals surface area (Å²) in [7, 11) is 0. The normalized spacial score (nSPS) is 13.2. The molecule has 0 fully saturated rings. The van der Waals surface area contributed by atoms with Gasteiger partial charge in [-0.15, -0.1) is 0 Å². The van der Waals surface area contributed by atoms with Gasteiger partial charge in [0.25, 0.3) is 0 Å². The summed E-state index contributed by atoms with van der Waals surface area (Å²) in [5.41, 5.74) is 3.62. The molecule has 0 amide bonds. The Morgan fingerprint density at radius 1 is 0.560 bits per heavy atom. The van der Waals surface area contributed by atoms with Gasteiger partial charge < -0.3 is 0 Å². The van der Waals surface area contributed by atoms with E-state index in [1.54, 1.807) is 0 Å². The van der Waals surface area contributed by atoms with Crippen LogP contribution in [0.4, 0.5) is 0 Å². The molecule has 0 heterocycles. The molecule has 0 aliphatic heterocycles. The van der Waals surface area contributed by atoms with Crippen LogP contribution in [0.15, 0.2) is 72.8 Å². The van der Waals surface area contributed by atoms with Gasteiger partial charge in [0.05, 0.1) is 0 Å². The van der Waals surface area contributed by atoms with E-state index in [-0.39, 0.29) is 0 Å². The van der Waals surface area contributed by atoms with Gasteiger partial charge in [-0.3, -0.25) is 0 Å². The summed E-state index contributed by atoms with van der Waals surface area (Å²) in [5, 5.41) is 3.10. The van der Waals surface area contributed by atoms with Gasteiger partial charge in [-0.2, -0.15) is 0 Å². The fraction of sp³-hybridized carbons (Fsp3) is 0.217. The molecule has 3 aromatic carbocycles. The number of rotatable bonds is 4. The fourth-order valence-electron chi connectivity index (χ4n) is 3.59. The fourth-order valence-corrected chi connectivity index (χ4v) is 7.96. The van der Waals surface area contributed by atoms with Crippen molar-refractivity contribution in [2.75, 3.05) is 6.16 Å². The predicted molar refractivity (Wildman–Crippen MR) is 112 cm³/mol. The van der Waals surface area contributed by atoms with Gasteiger partial charge in [0, 0.05) is 0 Å². The standard InChI is InChI=1S/C23H27OP/c1-5-25(24,21-12-6-18(2)7-13-21,22-14-8-19(3)9-15-22)23-16-10-20(4)11-17-23/h6-17,24H,5H2,1-4H3. The quantitative estimate of drug-likeness (QED) is 0.693. The van der Waals surface area contributed by atoms with Crippen molar-refractivity contribution in [2.45, 2.75) is 27.7 Å². The van der Waals surface area contributed by atoms with Crippen molar-refractivity contribution in [2.24, 2.45) is 0 Å². The average Bonchev–Trinajstić information content (AvgIpc) is 2.63. The molecule has 0 radical (unpaired) electrons. The van der Waals surface area contributed by atoms with Crippen LogP contribution in [0.1, 0.15) is 23.6 Å². The molecule has 3 aromatic rings. The Hall–Kier alpha value is -1.95. The first kappa shape index (κ1) is 17.9. The number of hydrogen-bond acceptors (Lipinski definition) is 1. The summed E-state index contributed by atoms with van der Waals surface area (Å²) >= 11 is 0. The molecule has 0 bridgehead atoms. The Morgan fingerprint density at radius 3 is 1.00 bits per heavy atom. The SMILES string of the molecule is CCP(O)(c1ccc(C)cc1)(c1ccc(C)cc1)c1ccc(C)cc1. The Bertz CT molecular complexity index is 748. The minimum absolute atomic E-state index is 0.681. The summed E-state index contributed by atoms with van der Waals surface area (Å²) < 4.78 is 0. The first-order chi connectivity index (χ1) is 11.9. The van der Waals surface area contributed by atoms with Crippen LogP contribution in [0.25, 0.3) is 0 Å². The van der Waals surface area contributed by atoms with Crippen molar-refractivity contribution in [1.82, 2.24) is 0 Å². The number of aryl methyl sites for hydroxylation is 3.